The lowest BCUT2D eigenvalue weighted by molar-refractivity contribution is -0.154. The van der Waals surface area contributed by atoms with E-state index in [2.05, 4.69) is 0 Å². The highest BCUT2D eigenvalue weighted by atomic mass is 16.5. The zero-order chi connectivity index (χ0) is 14.4. The number of carbonyl (C=O) groups is 3. The Balaban J connectivity index is 2.37. The second-order valence-electron chi connectivity index (χ2n) is 4.34. The lowest BCUT2D eigenvalue weighted by Crippen LogP contribution is -2.38. The molecule has 108 valence electrons. The zero-order valence-corrected chi connectivity index (χ0v) is 11.1. The minimum atomic E-state index is -1.05. The number of carboxylic acids is 1. The molecule has 0 aromatic carbocycles. The van der Waals surface area contributed by atoms with Crippen LogP contribution in [0.5, 0.6) is 0 Å². The SMILES string of the molecule is CCOC(=O)CCN(C)C(=O)C1CCC(C(=O)O)O1. The Morgan fingerprint density at radius 3 is 2.47 bits per heavy atom. The van der Waals surface area contributed by atoms with Gasteiger partial charge in [0, 0.05) is 13.6 Å². The van der Waals surface area contributed by atoms with Gasteiger partial charge in [-0.05, 0) is 19.8 Å². The van der Waals surface area contributed by atoms with Gasteiger partial charge >= 0.3 is 11.9 Å². The first kappa shape index (κ1) is 15.4. The van der Waals surface area contributed by atoms with Crippen LogP contribution in [0.1, 0.15) is 26.2 Å². The third-order valence-corrected chi connectivity index (χ3v) is 2.90. The number of rotatable bonds is 6. The first-order chi connectivity index (χ1) is 8.95. The average molecular weight is 273 g/mol. The monoisotopic (exact) mass is 273 g/mol. The lowest BCUT2D eigenvalue weighted by atomic mass is 10.2. The fraction of sp³-hybridized carbons (Fsp3) is 0.750. The minimum absolute atomic E-state index is 0.116. The second kappa shape index (κ2) is 7.08. The molecule has 7 nitrogen and oxygen atoms in total. The van der Waals surface area contributed by atoms with E-state index in [1.807, 2.05) is 0 Å². The molecular formula is C12H19NO6. The number of ether oxygens (including phenoxy) is 2. The maximum atomic E-state index is 11.9. The number of carbonyl (C=O) groups excluding carboxylic acids is 2. The molecule has 0 radical (unpaired) electrons. The number of aliphatic carboxylic acids is 1. The molecule has 0 aromatic rings. The summed E-state index contributed by atoms with van der Waals surface area (Å²) in [5.74, 6) is -1.71. The highest BCUT2D eigenvalue weighted by molar-refractivity contribution is 5.83. The van der Waals surface area contributed by atoms with Crippen LogP contribution in [0, 0.1) is 0 Å². The first-order valence-corrected chi connectivity index (χ1v) is 6.24. The van der Waals surface area contributed by atoms with Crippen LogP contribution in [0.15, 0.2) is 0 Å². The van der Waals surface area contributed by atoms with Crippen molar-refractivity contribution >= 4 is 17.8 Å². The summed E-state index contributed by atoms with van der Waals surface area (Å²) in [5.41, 5.74) is 0. The molecule has 1 aliphatic rings. The van der Waals surface area contributed by atoms with E-state index < -0.39 is 18.2 Å². The van der Waals surface area contributed by atoms with E-state index in [1.54, 1.807) is 14.0 Å². The molecule has 0 aromatic heterocycles. The summed E-state index contributed by atoms with van der Waals surface area (Å²) < 4.78 is 9.91. The van der Waals surface area contributed by atoms with E-state index in [1.165, 1.54) is 4.90 Å². The van der Waals surface area contributed by atoms with E-state index in [0.29, 0.717) is 19.4 Å². The predicted molar refractivity (Wildman–Crippen MR) is 64.4 cm³/mol. The standard InChI is InChI=1S/C12H19NO6/c1-3-18-10(14)6-7-13(2)11(15)8-4-5-9(19-8)12(16)17/h8-9H,3-7H2,1-2H3,(H,16,17). The molecule has 0 spiro atoms. The third-order valence-electron chi connectivity index (χ3n) is 2.90. The predicted octanol–water partition coefficient (Wildman–Crippen LogP) is 0.0302. The van der Waals surface area contributed by atoms with Crippen molar-refractivity contribution < 1.29 is 29.0 Å². The quantitative estimate of drug-likeness (QED) is 0.686. The molecular weight excluding hydrogens is 254 g/mol. The molecule has 2 atom stereocenters. The molecule has 19 heavy (non-hydrogen) atoms. The van der Waals surface area contributed by atoms with Crippen molar-refractivity contribution in [2.45, 2.75) is 38.4 Å². The van der Waals surface area contributed by atoms with Gasteiger partial charge in [0.2, 0.25) is 0 Å². The maximum Gasteiger partial charge on any atom is 0.332 e. The Bertz CT molecular complexity index is 356. The molecule has 7 heteroatoms. The average Bonchev–Trinajstić information content (AvgIpc) is 2.85. The Morgan fingerprint density at radius 2 is 1.95 bits per heavy atom. The molecule has 1 rings (SSSR count). The summed E-state index contributed by atoms with van der Waals surface area (Å²) in [5, 5.41) is 8.78. The van der Waals surface area contributed by atoms with E-state index in [9.17, 15) is 14.4 Å². The zero-order valence-electron chi connectivity index (χ0n) is 11.1. The molecule has 1 heterocycles. The van der Waals surface area contributed by atoms with Crippen LogP contribution in [0.3, 0.4) is 0 Å². The van der Waals surface area contributed by atoms with Crippen molar-refractivity contribution in [3.63, 3.8) is 0 Å². The fourth-order valence-electron chi connectivity index (χ4n) is 1.85. The summed E-state index contributed by atoms with van der Waals surface area (Å²) in [7, 11) is 1.55. The largest absolute Gasteiger partial charge is 0.479 e. The number of esters is 1. The number of carboxylic acid groups (broad SMARTS) is 1. The van der Waals surface area contributed by atoms with Gasteiger partial charge in [-0.1, -0.05) is 0 Å². The summed E-state index contributed by atoms with van der Waals surface area (Å²) in [6, 6.07) is 0. The second-order valence-corrected chi connectivity index (χ2v) is 4.34. The molecule has 1 aliphatic heterocycles. The van der Waals surface area contributed by atoms with Crippen LogP contribution >= 0.6 is 0 Å². The van der Waals surface area contributed by atoms with Gasteiger partial charge < -0.3 is 19.5 Å². The maximum absolute atomic E-state index is 11.9. The molecule has 0 saturated carbocycles. The van der Waals surface area contributed by atoms with Gasteiger partial charge in [0.05, 0.1) is 13.0 Å². The molecule has 0 bridgehead atoms. The van der Waals surface area contributed by atoms with E-state index >= 15 is 0 Å². The highest BCUT2D eigenvalue weighted by Gasteiger charge is 2.35. The lowest BCUT2D eigenvalue weighted by Gasteiger charge is -2.20. The van der Waals surface area contributed by atoms with Gasteiger partial charge in [0.25, 0.3) is 5.91 Å². The van der Waals surface area contributed by atoms with Crippen molar-refractivity contribution in [2.24, 2.45) is 0 Å². The Hall–Kier alpha value is -1.63. The molecule has 0 aliphatic carbocycles. The van der Waals surface area contributed by atoms with Crippen LogP contribution in [0.25, 0.3) is 0 Å². The summed E-state index contributed by atoms with van der Waals surface area (Å²) >= 11 is 0. The van der Waals surface area contributed by atoms with E-state index in [-0.39, 0.29) is 24.8 Å². The van der Waals surface area contributed by atoms with Crippen molar-refractivity contribution in [1.82, 2.24) is 4.90 Å². The van der Waals surface area contributed by atoms with Crippen molar-refractivity contribution in [1.29, 1.82) is 0 Å². The Kier molecular flexibility index (Phi) is 5.75. The van der Waals surface area contributed by atoms with E-state index in [4.69, 9.17) is 14.6 Å². The molecule has 1 saturated heterocycles. The Labute approximate surface area is 111 Å². The van der Waals surface area contributed by atoms with Crippen LogP contribution < -0.4 is 0 Å². The summed E-state index contributed by atoms with van der Waals surface area (Å²) in [6.07, 6.45) is -0.803. The Morgan fingerprint density at radius 1 is 1.32 bits per heavy atom. The minimum Gasteiger partial charge on any atom is -0.479 e. The smallest absolute Gasteiger partial charge is 0.332 e. The summed E-state index contributed by atoms with van der Waals surface area (Å²) in [6.45, 7) is 2.25. The number of nitrogens with zero attached hydrogens (tertiary/aromatic N) is 1. The number of hydrogen-bond acceptors (Lipinski definition) is 5. The van der Waals surface area contributed by atoms with Crippen molar-refractivity contribution in [3.05, 3.63) is 0 Å². The van der Waals surface area contributed by atoms with Crippen LogP contribution in [0.2, 0.25) is 0 Å². The van der Waals surface area contributed by atoms with Gasteiger partial charge in [0.15, 0.2) is 6.10 Å². The molecule has 1 amide bonds. The first-order valence-electron chi connectivity index (χ1n) is 6.24. The number of amides is 1. The van der Waals surface area contributed by atoms with E-state index in [0.717, 1.165) is 0 Å². The van der Waals surface area contributed by atoms with Crippen LogP contribution in [-0.2, 0) is 23.9 Å². The third kappa shape index (κ3) is 4.51. The van der Waals surface area contributed by atoms with Gasteiger partial charge in [-0.2, -0.15) is 0 Å². The van der Waals surface area contributed by atoms with Gasteiger partial charge in [-0.15, -0.1) is 0 Å². The molecule has 1 N–H and O–H groups in total. The number of likely N-dealkylation sites (N-methyl/N-ethyl adjacent to an activating group) is 1. The fourth-order valence-corrected chi connectivity index (χ4v) is 1.85. The number of hydrogen-bond donors (Lipinski definition) is 1. The van der Waals surface area contributed by atoms with Gasteiger partial charge in [-0.25, -0.2) is 4.79 Å². The van der Waals surface area contributed by atoms with Gasteiger partial charge in [-0.3, -0.25) is 9.59 Å². The topological polar surface area (TPSA) is 93.1 Å². The molecule has 2 unspecified atom stereocenters. The van der Waals surface area contributed by atoms with Crippen molar-refractivity contribution in [2.75, 3.05) is 20.2 Å². The van der Waals surface area contributed by atoms with Crippen LogP contribution in [-0.4, -0.2) is 60.3 Å². The summed E-state index contributed by atoms with van der Waals surface area (Å²) in [4.78, 5) is 35.2. The van der Waals surface area contributed by atoms with Crippen LogP contribution in [0.4, 0.5) is 0 Å². The highest BCUT2D eigenvalue weighted by Crippen LogP contribution is 2.21. The van der Waals surface area contributed by atoms with Crippen molar-refractivity contribution in [3.8, 4) is 0 Å². The normalized spacial score (nSPS) is 22.0. The van der Waals surface area contributed by atoms with Gasteiger partial charge in [0.1, 0.15) is 6.10 Å². The molecule has 1 fully saturated rings.